The van der Waals surface area contributed by atoms with E-state index in [2.05, 4.69) is 16.0 Å². The van der Waals surface area contributed by atoms with Crippen LogP contribution in [0.4, 0.5) is 0 Å². The lowest BCUT2D eigenvalue weighted by Crippen LogP contribution is -2.55. The van der Waals surface area contributed by atoms with Crippen LogP contribution >= 0.6 is 19.1 Å². The topological polar surface area (TPSA) is 168 Å². The van der Waals surface area contributed by atoms with Crippen molar-refractivity contribution >= 4 is 53.5 Å². The number of thioether (sulfide) groups is 1. The SMILES string of the molecule is CSc1cccc(C(=O)NC(Cc2ccccc2)P(=O)(O)CC(=O)NC2(C(=O)N[C@@H](Cc3ccc4ccccc4c3)C(N)=O)CC2)c1. The zero-order valence-corrected chi connectivity index (χ0v) is 27.6. The maximum Gasteiger partial charge on any atom is 0.252 e. The number of fused-ring (bicyclic) bond motifs is 1. The molecule has 5 rings (SSSR count). The summed E-state index contributed by atoms with van der Waals surface area (Å²) in [5.74, 6) is -3.95. The fourth-order valence-electron chi connectivity index (χ4n) is 5.41. The van der Waals surface area contributed by atoms with Gasteiger partial charge in [-0.1, -0.05) is 78.9 Å². The zero-order valence-electron chi connectivity index (χ0n) is 25.8. The molecule has 244 valence electrons. The fraction of sp³-hybridized carbons (Fsp3) is 0.257. The van der Waals surface area contributed by atoms with Crippen LogP contribution in [0, 0.1) is 0 Å². The van der Waals surface area contributed by atoms with Crippen molar-refractivity contribution in [3.8, 4) is 0 Å². The van der Waals surface area contributed by atoms with Crippen LogP contribution in [-0.4, -0.2) is 58.3 Å². The molecule has 12 heteroatoms. The van der Waals surface area contributed by atoms with Crippen molar-refractivity contribution in [1.82, 2.24) is 16.0 Å². The van der Waals surface area contributed by atoms with Gasteiger partial charge in [0.15, 0.2) is 0 Å². The third-order valence-corrected chi connectivity index (χ3v) is 11.0. The number of carbonyl (C=O) groups is 4. The molecule has 1 aliphatic rings. The molecule has 0 heterocycles. The minimum atomic E-state index is -4.37. The Balaban J connectivity index is 1.26. The lowest BCUT2D eigenvalue weighted by Gasteiger charge is -2.26. The highest BCUT2D eigenvalue weighted by Crippen LogP contribution is 2.47. The summed E-state index contributed by atoms with van der Waals surface area (Å²) in [5, 5.41) is 9.99. The average Bonchev–Trinajstić information content (AvgIpc) is 3.84. The van der Waals surface area contributed by atoms with E-state index >= 15 is 0 Å². The van der Waals surface area contributed by atoms with Crippen molar-refractivity contribution < 1.29 is 28.6 Å². The molecule has 6 N–H and O–H groups in total. The van der Waals surface area contributed by atoms with Crippen LogP contribution in [-0.2, 0) is 31.8 Å². The van der Waals surface area contributed by atoms with Crippen molar-refractivity contribution in [2.75, 3.05) is 12.4 Å². The van der Waals surface area contributed by atoms with Gasteiger partial charge in [-0.15, -0.1) is 11.8 Å². The molecule has 1 fully saturated rings. The van der Waals surface area contributed by atoms with Gasteiger partial charge in [0.2, 0.25) is 25.1 Å². The molecule has 2 unspecified atom stereocenters. The minimum Gasteiger partial charge on any atom is -0.368 e. The highest BCUT2D eigenvalue weighted by atomic mass is 32.2. The molecule has 3 atom stereocenters. The summed E-state index contributed by atoms with van der Waals surface area (Å²) < 4.78 is 13.8. The number of nitrogens with one attached hydrogen (secondary N) is 3. The molecular weight excluding hydrogens is 635 g/mol. The normalized spacial score (nSPS) is 15.9. The Bertz CT molecular complexity index is 1850. The zero-order chi connectivity index (χ0) is 33.6. The van der Waals surface area contributed by atoms with Crippen LogP contribution in [0.2, 0.25) is 0 Å². The van der Waals surface area contributed by atoms with Crippen molar-refractivity contribution in [3.63, 3.8) is 0 Å². The van der Waals surface area contributed by atoms with Crippen LogP contribution in [0.25, 0.3) is 10.8 Å². The molecule has 10 nitrogen and oxygen atoms in total. The number of rotatable bonds is 14. The third-order valence-electron chi connectivity index (χ3n) is 8.22. The van der Waals surface area contributed by atoms with E-state index in [1.165, 1.54) is 11.8 Å². The Hall–Kier alpha value is -4.44. The number of benzene rings is 4. The number of primary amides is 1. The summed E-state index contributed by atoms with van der Waals surface area (Å²) in [6, 6.07) is 28.2. The molecule has 0 saturated heterocycles. The highest BCUT2D eigenvalue weighted by Gasteiger charge is 2.52. The van der Waals surface area contributed by atoms with Crippen molar-refractivity contribution in [3.05, 3.63) is 114 Å². The van der Waals surface area contributed by atoms with Gasteiger partial charge in [0, 0.05) is 23.3 Å². The van der Waals surface area contributed by atoms with Crippen LogP contribution in [0.15, 0.2) is 102 Å². The first-order valence-corrected chi connectivity index (χ1v) is 18.3. The van der Waals surface area contributed by atoms with Gasteiger partial charge in [-0.05, 0) is 59.2 Å². The maximum atomic E-state index is 13.8. The first kappa shape index (κ1) is 33.9. The summed E-state index contributed by atoms with van der Waals surface area (Å²) in [6.07, 6.45) is 1.80. The Kier molecular flexibility index (Phi) is 10.5. The Labute approximate surface area is 277 Å². The Morgan fingerprint density at radius 2 is 1.55 bits per heavy atom. The standard InChI is InChI=1S/C35H37N4O6PS/c1-47-28-13-7-12-27(21-28)33(42)38-31(20-23-8-3-2-4-9-23)46(44,45)22-30(40)39-35(16-17-35)34(43)37-29(32(36)41)19-24-14-15-25-10-5-6-11-26(25)18-24/h2-15,18,21,29,31H,16-17,19-20,22H2,1H3,(H2,36,41)(H,37,43)(H,38,42)(H,39,40)(H,44,45)/t29-,31?/m0/s1. The number of carbonyl (C=O) groups excluding carboxylic acids is 4. The van der Waals surface area contributed by atoms with E-state index in [-0.39, 0.29) is 25.7 Å². The molecule has 1 saturated carbocycles. The summed E-state index contributed by atoms with van der Waals surface area (Å²) in [7, 11) is -4.37. The molecule has 1 aliphatic carbocycles. The van der Waals surface area contributed by atoms with E-state index in [1.807, 2.05) is 60.9 Å². The molecule has 4 aromatic carbocycles. The van der Waals surface area contributed by atoms with E-state index in [9.17, 15) is 28.6 Å². The fourth-order valence-corrected chi connectivity index (χ4v) is 7.39. The second kappa shape index (κ2) is 14.5. The lowest BCUT2D eigenvalue weighted by atomic mass is 10.0. The quantitative estimate of drug-likeness (QED) is 0.0997. The smallest absolute Gasteiger partial charge is 0.252 e. The van der Waals surface area contributed by atoms with Gasteiger partial charge >= 0.3 is 0 Å². The first-order valence-electron chi connectivity index (χ1n) is 15.2. The molecule has 47 heavy (non-hydrogen) atoms. The van der Waals surface area contributed by atoms with E-state index < -0.39 is 54.5 Å². The maximum absolute atomic E-state index is 13.8. The Morgan fingerprint density at radius 3 is 2.23 bits per heavy atom. The van der Waals surface area contributed by atoms with Gasteiger partial charge in [0.05, 0.1) is 0 Å². The third kappa shape index (κ3) is 8.68. The summed E-state index contributed by atoms with van der Waals surface area (Å²) in [5.41, 5.74) is 6.13. The molecule has 4 amide bonds. The second-order valence-corrected chi connectivity index (χ2v) is 15.1. The van der Waals surface area contributed by atoms with Crippen LogP contribution < -0.4 is 21.7 Å². The molecule has 4 aromatic rings. The molecular formula is C35H37N4O6PS. The largest absolute Gasteiger partial charge is 0.368 e. The molecule has 0 bridgehead atoms. The second-order valence-electron chi connectivity index (χ2n) is 11.8. The number of nitrogens with two attached hydrogens (primary N) is 1. The van der Waals surface area contributed by atoms with E-state index in [0.717, 1.165) is 21.2 Å². The van der Waals surface area contributed by atoms with E-state index in [4.69, 9.17) is 5.73 Å². The summed E-state index contributed by atoms with van der Waals surface area (Å²) in [6.45, 7) is 0. The van der Waals surface area contributed by atoms with Crippen molar-refractivity contribution in [1.29, 1.82) is 0 Å². The van der Waals surface area contributed by atoms with Gasteiger partial charge in [-0.25, -0.2) is 0 Å². The monoisotopic (exact) mass is 672 g/mol. The molecule has 0 aromatic heterocycles. The predicted molar refractivity (Wildman–Crippen MR) is 183 cm³/mol. The first-order chi connectivity index (χ1) is 22.5. The van der Waals surface area contributed by atoms with Crippen molar-refractivity contribution in [2.45, 2.75) is 47.9 Å². The van der Waals surface area contributed by atoms with Gasteiger partial charge in [-0.3, -0.25) is 23.7 Å². The van der Waals surface area contributed by atoms with Gasteiger partial charge in [0.1, 0.15) is 23.5 Å². The number of hydrogen-bond acceptors (Lipinski definition) is 6. The van der Waals surface area contributed by atoms with Gasteiger partial charge < -0.3 is 26.6 Å². The minimum absolute atomic E-state index is 0.0105. The van der Waals surface area contributed by atoms with Crippen molar-refractivity contribution in [2.24, 2.45) is 5.73 Å². The number of hydrogen-bond donors (Lipinski definition) is 5. The summed E-state index contributed by atoms with van der Waals surface area (Å²) >= 11 is 1.46. The Morgan fingerprint density at radius 1 is 0.851 bits per heavy atom. The van der Waals surface area contributed by atoms with Crippen LogP contribution in [0.1, 0.15) is 34.3 Å². The molecule has 0 radical (unpaired) electrons. The summed E-state index contributed by atoms with van der Waals surface area (Å²) in [4.78, 5) is 64.2. The molecule has 0 spiro atoms. The predicted octanol–water partition coefficient (Wildman–Crippen LogP) is 3.99. The number of amides is 4. The van der Waals surface area contributed by atoms with Crippen LogP contribution in [0.3, 0.4) is 0 Å². The van der Waals surface area contributed by atoms with Gasteiger partial charge in [-0.2, -0.15) is 0 Å². The lowest BCUT2D eigenvalue weighted by molar-refractivity contribution is -0.131. The van der Waals surface area contributed by atoms with E-state index in [0.29, 0.717) is 11.1 Å². The van der Waals surface area contributed by atoms with Crippen LogP contribution in [0.5, 0.6) is 0 Å². The van der Waals surface area contributed by atoms with Gasteiger partial charge in [0.25, 0.3) is 5.91 Å². The average molecular weight is 673 g/mol. The van der Waals surface area contributed by atoms with E-state index in [1.54, 1.807) is 42.5 Å². The molecule has 0 aliphatic heterocycles. The highest BCUT2D eigenvalue weighted by molar-refractivity contribution is 7.98.